The molecule has 2 aromatic carbocycles. The summed E-state index contributed by atoms with van der Waals surface area (Å²) in [5.41, 5.74) is 5.27. The van der Waals surface area contributed by atoms with Crippen molar-refractivity contribution in [2.45, 2.75) is 0 Å². The van der Waals surface area contributed by atoms with Gasteiger partial charge in [-0.05, 0) is 24.3 Å². The minimum atomic E-state index is -0.834. The minimum absolute atomic E-state index is 0.0305. The van der Waals surface area contributed by atoms with Gasteiger partial charge in [0.2, 0.25) is 0 Å². The van der Waals surface area contributed by atoms with E-state index in [4.69, 9.17) is 10.5 Å². The third-order valence-corrected chi connectivity index (χ3v) is 2.79. The highest BCUT2D eigenvalue weighted by Crippen LogP contribution is 2.28. The highest BCUT2D eigenvalue weighted by Gasteiger charge is 2.22. The summed E-state index contributed by atoms with van der Waals surface area (Å²) in [5, 5.41) is 9.66. The van der Waals surface area contributed by atoms with Crippen LogP contribution in [0.5, 0.6) is 11.5 Å². The van der Waals surface area contributed by atoms with Crippen molar-refractivity contribution in [2.24, 2.45) is 0 Å². The molecule has 0 aliphatic rings. The first-order chi connectivity index (χ1) is 10.0. The highest BCUT2D eigenvalue weighted by atomic mass is 16.5. The van der Waals surface area contributed by atoms with Gasteiger partial charge >= 0.3 is 11.9 Å². The van der Waals surface area contributed by atoms with Crippen molar-refractivity contribution < 1.29 is 24.2 Å². The van der Waals surface area contributed by atoms with Crippen molar-refractivity contribution in [1.29, 1.82) is 0 Å². The lowest BCUT2D eigenvalue weighted by atomic mass is 10.1. The number of hydrogen-bond acceptors (Lipinski definition) is 6. The second-order valence-corrected chi connectivity index (χ2v) is 4.12. The molecule has 0 aromatic heterocycles. The number of methoxy groups -OCH3 is 1. The lowest BCUT2D eigenvalue weighted by molar-refractivity contribution is 0.0598. The van der Waals surface area contributed by atoms with E-state index in [9.17, 15) is 14.7 Å². The summed E-state index contributed by atoms with van der Waals surface area (Å²) in [4.78, 5) is 23.6. The number of anilines is 1. The fourth-order valence-corrected chi connectivity index (χ4v) is 1.75. The molecular formula is C15H13NO5. The summed E-state index contributed by atoms with van der Waals surface area (Å²) in [6, 6.07) is 10.9. The standard InChI is InChI=1S/C15H13NO5/c1-20-15(19)12-11(17)8-7-10(13(12)16)14(18)21-9-5-3-2-4-6-9/h2-8,17H,16H2,1H3. The van der Waals surface area contributed by atoms with E-state index in [1.165, 1.54) is 12.1 Å². The van der Waals surface area contributed by atoms with Crippen molar-refractivity contribution in [2.75, 3.05) is 12.8 Å². The monoisotopic (exact) mass is 287 g/mol. The van der Waals surface area contributed by atoms with Crippen LogP contribution in [0.4, 0.5) is 5.69 Å². The zero-order valence-corrected chi connectivity index (χ0v) is 11.2. The molecule has 0 radical (unpaired) electrons. The van der Waals surface area contributed by atoms with Gasteiger partial charge in [-0.2, -0.15) is 0 Å². The van der Waals surface area contributed by atoms with Crippen LogP contribution in [-0.2, 0) is 4.74 Å². The van der Waals surface area contributed by atoms with Gasteiger partial charge in [0.15, 0.2) is 0 Å². The maximum atomic E-state index is 12.1. The smallest absolute Gasteiger partial charge is 0.345 e. The molecule has 108 valence electrons. The number of nitrogen functional groups attached to an aromatic ring is 1. The Bertz CT molecular complexity index is 682. The molecule has 0 fully saturated rings. The first kappa shape index (κ1) is 14.4. The van der Waals surface area contributed by atoms with Crippen LogP contribution in [0.25, 0.3) is 0 Å². The number of carbonyl (C=O) groups excluding carboxylic acids is 2. The quantitative estimate of drug-likeness (QED) is 0.509. The van der Waals surface area contributed by atoms with E-state index in [1.54, 1.807) is 30.3 Å². The maximum absolute atomic E-state index is 12.1. The number of esters is 2. The Morgan fingerprint density at radius 1 is 1.05 bits per heavy atom. The number of ether oxygens (including phenoxy) is 2. The van der Waals surface area contributed by atoms with E-state index >= 15 is 0 Å². The number of phenolic OH excluding ortho intramolecular Hbond substituents is 1. The van der Waals surface area contributed by atoms with Crippen molar-refractivity contribution in [3.63, 3.8) is 0 Å². The molecule has 2 rings (SSSR count). The van der Waals surface area contributed by atoms with Crippen LogP contribution in [0, 0.1) is 0 Å². The summed E-state index contributed by atoms with van der Waals surface area (Å²) < 4.78 is 9.66. The van der Waals surface area contributed by atoms with Crippen LogP contribution in [0.3, 0.4) is 0 Å². The fourth-order valence-electron chi connectivity index (χ4n) is 1.75. The first-order valence-electron chi connectivity index (χ1n) is 6.01. The molecule has 21 heavy (non-hydrogen) atoms. The molecule has 0 atom stereocenters. The van der Waals surface area contributed by atoms with Gasteiger partial charge in [-0.25, -0.2) is 9.59 Å². The zero-order chi connectivity index (χ0) is 15.4. The fraction of sp³-hybridized carbons (Fsp3) is 0.0667. The number of rotatable bonds is 3. The van der Waals surface area contributed by atoms with E-state index in [1.807, 2.05) is 0 Å². The van der Waals surface area contributed by atoms with Gasteiger partial charge in [0.1, 0.15) is 17.1 Å². The molecule has 0 saturated heterocycles. The highest BCUT2D eigenvalue weighted by molar-refractivity contribution is 6.05. The third-order valence-electron chi connectivity index (χ3n) is 2.79. The summed E-state index contributed by atoms with van der Waals surface area (Å²) in [6.07, 6.45) is 0. The van der Waals surface area contributed by atoms with Gasteiger partial charge in [0.05, 0.1) is 18.4 Å². The van der Waals surface area contributed by atoms with E-state index < -0.39 is 11.9 Å². The number of para-hydroxylation sites is 1. The predicted octanol–water partition coefficient (Wildman–Crippen LogP) is 1.98. The van der Waals surface area contributed by atoms with Gasteiger partial charge in [-0.15, -0.1) is 0 Å². The van der Waals surface area contributed by atoms with Crippen LogP contribution < -0.4 is 10.5 Å². The molecule has 0 bridgehead atoms. The first-order valence-corrected chi connectivity index (χ1v) is 6.01. The Morgan fingerprint density at radius 2 is 1.71 bits per heavy atom. The largest absolute Gasteiger partial charge is 0.507 e. The maximum Gasteiger partial charge on any atom is 0.345 e. The van der Waals surface area contributed by atoms with E-state index in [0.717, 1.165) is 7.11 Å². The Hall–Kier alpha value is -3.02. The minimum Gasteiger partial charge on any atom is -0.507 e. The van der Waals surface area contributed by atoms with Crippen molar-refractivity contribution >= 4 is 17.6 Å². The van der Waals surface area contributed by atoms with Crippen LogP contribution in [-0.4, -0.2) is 24.2 Å². The molecule has 3 N–H and O–H groups in total. The Kier molecular flexibility index (Phi) is 4.08. The number of carbonyl (C=O) groups is 2. The lowest BCUT2D eigenvalue weighted by Crippen LogP contribution is -2.15. The molecule has 2 aromatic rings. The van der Waals surface area contributed by atoms with Crippen molar-refractivity contribution in [3.05, 3.63) is 53.6 Å². The Morgan fingerprint density at radius 3 is 2.33 bits per heavy atom. The van der Waals surface area contributed by atoms with Crippen LogP contribution in [0.2, 0.25) is 0 Å². The molecular weight excluding hydrogens is 274 g/mol. The second-order valence-electron chi connectivity index (χ2n) is 4.12. The van der Waals surface area contributed by atoms with Crippen LogP contribution in [0.1, 0.15) is 20.7 Å². The molecule has 6 nitrogen and oxygen atoms in total. The van der Waals surface area contributed by atoms with Gasteiger partial charge in [-0.1, -0.05) is 18.2 Å². The number of nitrogens with two attached hydrogens (primary N) is 1. The summed E-state index contributed by atoms with van der Waals surface area (Å²) in [6.45, 7) is 0. The normalized spacial score (nSPS) is 9.95. The number of aromatic hydroxyl groups is 1. The van der Waals surface area contributed by atoms with Gasteiger partial charge < -0.3 is 20.3 Å². The SMILES string of the molecule is COC(=O)c1c(O)ccc(C(=O)Oc2ccccc2)c1N. The van der Waals surface area contributed by atoms with Gasteiger partial charge in [0.25, 0.3) is 0 Å². The van der Waals surface area contributed by atoms with Gasteiger partial charge in [-0.3, -0.25) is 0 Å². The second kappa shape index (κ2) is 5.96. The van der Waals surface area contributed by atoms with Crippen molar-refractivity contribution in [3.8, 4) is 11.5 Å². The predicted molar refractivity (Wildman–Crippen MR) is 75.3 cm³/mol. The molecule has 0 heterocycles. The van der Waals surface area contributed by atoms with E-state index in [-0.39, 0.29) is 22.6 Å². The topological polar surface area (TPSA) is 98.8 Å². The van der Waals surface area contributed by atoms with E-state index in [2.05, 4.69) is 4.74 Å². The number of hydrogen-bond donors (Lipinski definition) is 2. The number of phenols is 1. The molecule has 6 heteroatoms. The van der Waals surface area contributed by atoms with Crippen molar-refractivity contribution in [1.82, 2.24) is 0 Å². The molecule has 0 amide bonds. The number of benzene rings is 2. The van der Waals surface area contributed by atoms with Gasteiger partial charge in [0, 0.05) is 0 Å². The summed E-state index contributed by atoms with van der Waals surface area (Å²) in [7, 11) is 1.15. The molecule has 0 aliphatic heterocycles. The summed E-state index contributed by atoms with van der Waals surface area (Å²) >= 11 is 0. The zero-order valence-electron chi connectivity index (χ0n) is 11.2. The Balaban J connectivity index is 2.36. The lowest BCUT2D eigenvalue weighted by Gasteiger charge is -2.11. The Labute approximate surface area is 120 Å². The summed E-state index contributed by atoms with van der Waals surface area (Å²) in [5.74, 6) is -1.59. The van der Waals surface area contributed by atoms with Crippen LogP contribution in [0.15, 0.2) is 42.5 Å². The van der Waals surface area contributed by atoms with Crippen LogP contribution >= 0.6 is 0 Å². The molecule has 0 aliphatic carbocycles. The molecule has 0 unspecified atom stereocenters. The molecule has 0 spiro atoms. The average Bonchev–Trinajstić information content (AvgIpc) is 2.48. The van der Waals surface area contributed by atoms with E-state index in [0.29, 0.717) is 5.75 Å². The third kappa shape index (κ3) is 2.94. The molecule has 0 saturated carbocycles. The average molecular weight is 287 g/mol.